The van der Waals surface area contributed by atoms with Crippen LogP contribution in [0.2, 0.25) is 0 Å². The van der Waals surface area contributed by atoms with Gasteiger partial charge in [0.1, 0.15) is 0 Å². The van der Waals surface area contributed by atoms with Crippen LogP contribution in [0.1, 0.15) is 56.1 Å². The Hall–Kier alpha value is -1.88. The highest BCUT2D eigenvalue weighted by Gasteiger charge is 2.61. The van der Waals surface area contributed by atoms with Crippen molar-refractivity contribution in [1.29, 1.82) is 0 Å². The molecule has 1 saturated heterocycles. The molecule has 0 radical (unpaired) electrons. The molecule has 3 atom stereocenters. The second-order valence-electron chi connectivity index (χ2n) is 8.45. The number of hydrogen-bond acceptors (Lipinski definition) is 3. The molecule has 1 heterocycles. The molecule has 4 rings (SSSR count). The van der Waals surface area contributed by atoms with E-state index < -0.39 is 0 Å². The molecule has 1 saturated carbocycles. The minimum absolute atomic E-state index is 0.0143. The van der Waals surface area contributed by atoms with Crippen molar-refractivity contribution in [3.63, 3.8) is 0 Å². The zero-order chi connectivity index (χ0) is 18.9. The third kappa shape index (κ3) is 3.49. The van der Waals surface area contributed by atoms with Crippen molar-refractivity contribution in [2.24, 2.45) is 11.7 Å². The lowest BCUT2D eigenvalue weighted by molar-refractivity contribution is -0.137. The van der Waals surface area contributed by atoms with Crippen molar-refractivity contribution in [2.45, 2.75) is 62.8 Å². The van der Waals surface area contributed by atoms with Gasteiger partial charge in [-0.1, -0.05) is 24.3 Å². The molecule has 27 heavy (non-hydrogen) atoms. The van der Waals surface area contributed by atoms with Crippen LogP contribution < -0.4 is 11.1 Å². The van der Waals surface area contributed by atoms with E-state index in [9.17, 15) is 9.59 Å². The van der Waals surface area contributed by atoms with Gasteiger partial charge in [0.15, 0.2) is 0 Å². The molecular weight excluding hydrogens is 338 g/mol. The van der Waals surface area contributed by atoms with E-state index >= 15 is 0 Å². The average molecular weight is 370 g/mol. The molecule has 5 nitrogen and oxygen atoms in total. The highest BCUT2D eigenvalue weighted by molar-refractivity contribution is 5.85. The molecule has 146 valence electrons. The fraction of sp³-hybridized carbons (Fsp3) is 0.636. The van der Waals surface area contributed by atoms with Crippen molar-refractivity contribution >= 4 is 11.8 Å². The summed E-state index contributed by atoms with van der Waals surface area (Å²) in [5.41, 5.74) is 8.38. The highest BCUT2D eigenvalue weighted by atomic mass is 16.2. The largest absolute Gasteiger partial charge is 0.354 e. The lowest BCUT2D eigenvalue weighted by Crippen LogP contribution is -2.50. The number of carbonyl (C=O) groups excluding carboxylic acids is 2. The lowest BCUT2D eigenvalue weighted by atomic mass is 9.78. The predicted octanol–water partition coefficient (Wildman–Crippen LogP) is 2.13. The summed E-state index contributed by atoms with van der Waals surface area (Å²) in [5, 5.41) is 2.97. The van der Waals surface area contributed by atoms with E-state index in [2.05, 4.69) is 34.5 Å². The van der Waals surface area contributed by atoms with Crippen molar-refractivity contribution in [2.75, 3.05) is 19.6 Å². The third-order valence-electron chi connectivity index (χ3n) is 6.81. The van der Waals surface area contributed by atoms with Crippen molar-refractivity contribution in [1.82, 2.24) is 10.2 Å². The standard InChI is InChI=1S/C22H31N3O2/c23-12-10-20(26)24-15-17-8-3-4-13-25(17)21(27)19-14-22(19)11-5-7-16-6-1-2-9-18(16)22/h1-2,6,9,17,19H,3-5,7-8,10-15,23H2,(H,24,26). The normalized spacial score (nSPS) is 29.3. The van der Waals surface area contributed by atoms with Crippen LogP contribution in [0.3, 0.4) is 0 Å². The molecule has 3 aliphatic rings. The molecule has 2 fully saturated rings. The number of likely N-dealkylation sites (tertiary alicyclic amines) is 1. The van der Waals surface area contributed by atoms with Gasteiger partial charge < -0.3 is 16.0 Å². The predicted molar refractivity (Wildman–Crippen MR) is 105 cm³/mol. The molecule has 1 spiro atoms. The van der Waals surface area contributed by atoms with Gasteiger partial charge in [-0.25, -0.2) is 0 Å². The molecule has 1 aromatic rings. The average Bonchev–Trinajstić information content (AvgIpc) is 3.41. The molecule has 5 heteroatoms. The fourth-order valence-corrected chi connectivity index (χ4v) is 5.31. The quantitative estimate of drug-likeness (QED) is 0.835. The molecule has 1 aromatic carbocycles. The molecule has 0 aromatic heterocycles. The van der Waals surface area contributed by atoms with Gasteiger partial charge in [0, 0.05) is 43.4 Å². The maximum atomic E-state index is 13.4. The van der Waals surface area contributed by atoms with Crippen LogP contribution >= 0.6 is 0 Å². The summed E-state index contributed by atoms with van der Waals surface area (Å²) >= 11 is 0. The van der Waals surface area contributed by atoms with Crippen molar-refractivity contribution in [3.05, 3.63) is 35.4 Å². The number of amides is 2. The Labute approximate surface area is 161 Å². The van der Waals surface area contributed by atoms with Gasteiger partial charge >= 0.3 is 0 Å². The minimum atomic E-state index is -0.0143. The number of nitrogens with two attached hydrogens (primary N) is 1. The van der Waals surface area contributed by atoms with Crippen LogP contribution in [-0.4, -0.2) is 42.4 Å². The first-order valence-electron chi connectivity index (χ1n) is 10.5. The van der Waals surface area contributed by atoms with Crippen LogP contribution in [-0.2, 0) is 21.4 Å². The van der Waals surface area contributed by atoms with Gasteiger partial charge in [0.2, 0.25) is 11.8 Å². The Kier molecular flexibility index (Phi) is 5.22. The summed E-state index contributed by atoms with van der Waals surface area (Å²) in [6.45, 7) is 1.74. The third-order valence-corrected chi connectivity index (χ3v) is 6.81. The van der Waals surface area contributed by atoms with Gasteiger partial charge in [-0.2, -0.15) is 0 Å². The van der Waals surface area contributed by atoms with Crippen LogP contribution in [0.4, 0.5) is 0 Å². The first-order chi connectivity index (χ1) is 13.2. The minimum Gasteiger partial charge on any atom is -0.354 e. The highest BCUT2D eigenvalue weighted by Crippen LogP contribution is 2.61. The molecule has 2 amide bonds. The number of aryl methyl sites for hydroxylation is 1. The van der Waals surface area contributed by atoms with Crippen LogP contribution in [0.25, 0.3) is 0 Å². The number of benzene rings is 1. The van der Waals surface area contributed by atoms with E-state index in [1.165, 1.54) is 17.5 Å². The topological polar surface area (TPSA) is 75.4 Å². The Bertz CT molecular complexity index is 719. The number of piperidine rings is 1. The summed E-state index contributed by atoms with van der Waals surface area (Å²) in [7, 11) is 0. The van der Waals surface area contributed by atoms with E-state index in [1.54, 1.807) is 0 Å². The zero-order valence-corrected chi connectivity index (χ0v) is 16.1. The summed E-state index contributed by atoms with van der Waals surface area (Å²) in [4.78, 5) is 27.3. The first-order valence-corrected chi connectivity index (χ1v) is 10.5. The number of fused-ring (bicyclic) bond motifs is 2. The Balaban J connectivity index is 1.45. The summed E-state index contributed by atoms with van der Waals surface area (Å²) < 4.78 is 0. The number of rotatable bonds is 5. The van der Waals surface area contributed by atoms with Crippen LogP contribution in [0.15, 0.2) is 24.3 Å². The Morgan fingerprint density at radius 2 is 2.07 bits per heavy atom. The zero-order valence-electron chi connectivity index (χ0n) is 16.1. The van der Waals surface area contributed by atoms with Gasteiger partial charge in [-0.05, 0) is 56.1 Å². The molecular formula is C22H31N3O2. The first kappa shape index (κ1) is 18.5. The van der Waals surface area contributed by atoms with E-state index in [1.807, 2.05) is 0 Å². The number of nitrogens with zero attached hydrogens (tertiary/aromatic N) is 1. The molecule has 3 N–H and O–H groups in total. The van der Waals surface area contributed by atoms with Gasteiger partial charge in [0.25, 0.3) is 0 Å². The molecule has 1 aliphatic heterocycles. The number of hydrogen-bond donors (Lipinski definition) is 2. The number of nitrogens with one attached hydrogen (secondary N) is 1. The second kappa shape index (κ2) is 7.63. The van der Waals surface area contributed by atoms with Gasteiger partial charge in [-0.15, -0.1) is 0 Å². The van der Waals surface area contributed by atoms with Crippen molar-refractivity contribution < 1.29 is 9.59 Å². The van der Waals surface area contributed by atoms with E-state index in [0.717, 1.165) is 45.1 Å². The van der Waals surface area contributed by atoms with Gasteiger partial charge in [0.05, 0.1) is 0 Å². The van der Waals surface area contributed by atoms with E-state index in [4.69, 9.17) is 5.73 Å². The summed E-state index contributed by atoms with van der Waals surface area (Å²) in [6, 6.07) is 8.82. The van der Waals surface area contributed by atoms with Crippen LogP contribution in [0.5, 0.6) is 0 Å². The fourth-order valence-electron chi connectivity index (χ4n) is 5.31. The molecule has 0 bridgehead atoms. The maximum Gasteiger partial charge on any atom is 0.226 e. The van der Waals surface area contributed by atoms with Gasteiger partial charge in [-0.3, -0.25) is 9.59 Å². The monoisotopic (exact) mass is 369 g/mol. The molecule has 3 unspecified atom stereocenters. The maximum absolute atomic E-state index is 13.4. The number of carbonyl (C=O) groups is 2. The lowest BCUT2D eigenvalue weighted by Gasteiger charge is -2.37. The summed E-state index contributed by atoms with van der Waals surface area (Å²) in [6.07, 6.45) is 7.96. The smallest absolute Gasteiger partial charge is 0.226 e. The SMILES string of the molecule is NCCC(=O)NCC1CCCCN1C(=O)C1CC12CCCc1ccccc12. The molecule has 2 aliphatic carbocycles. The van der Waals surface area contributed by atoms with E-state index in [-0.39, 0.29) is 23.3 Å². The van der Waals surface area contributed by atoms with E-state index in [0.29, 0.717) is 25.4 Å². The van der Waals surface area contributed by atoms with Crippen molar-refractivity contribution in [3.8, 4) is 0 Å². The second-order valence-corrected chi connectivity index (χ2v) is 8.45. The summed E-state index contributed by atoms with van der Waals surface area (Å²) in [5.74, 6) is 0.420. The Morgan fingerprint density at radius 3 is 2.93 bits per heavy atom. The van der Waals surface area contributed by atoms with Crippen LogP contribution in [0, 0.1) is 5.92 Å². The Morgan fingerprint density at radius 1 is 1.22 bits per heavy atom.